The van der Waals surface area contributed by atoms with Gasteiger partial charge in [0.25, 0.3) is 5.91 Å². The molecule has 0 radical (unpaired) electrons. The van der Waals surface area contributed by atoms with E-state index in [0.29, 0.717) is 24.3 Å². The number of ether oxygens (including phenoxy) is 1. The van der Waals surface area contributed by atoms with Crippen LogP contribution in [0.4, 0.5) is 19.0 Å². The van der Waals surface area contributed by atoms with E-state index in [1.807, 2.05) is 12.1 Å². The van der Waals surface area contributed by atoms with Crippen LogP contribution in [-0.4, -0.2) is 52.5 Å². The Morgan fingerprint density at radius 1 is 1.24 bits per heavy atom. The number of hydrogen-bond acceptors (Lipinski definition) is 5. The minimum absolute atomic E-state index is 0.0364. The maximum absolute atomic E-state index is 13.9. The molecular weight excluding hydrogens is 435 g/mol. The molecule has 1 aromatic carbocycles. The molecule has 33 heavy (non-hydrogen) atoms. The quantitative estimate of drug-likeness (QED) is 0.596. The van der Waals surface area contributed by atoms with Crippen molar-refractivity contribution in [2.24, 2.45) is 0 Å². The Hall–Kier alpha value is -3.56. The summed E-state index contributed by atoms with van der Waals surface area (Å²) in [5, 5.41) is 7.14. The van der Waals surface area contributed by atoms with E-state index in [2.05, 4.69) is 15.4 Å². The first-order valence-electron chi connectivity index (χ1n) is 10.5. The Morgan fingerprint density at radius 2 is 2.00 bits per heavy atom. The average molecular weight is 459 g/mol. The zero-order valence-electron chi connectivity index (χ0n) is 18.2. The average Bonchev–Trinajstić information content (AvgIpc) is 3.25. The standard InChI is InChI=1S/C23H24F3N5O2/c1-30(12-10-16-5-3-4-11-27-16)22(32)19-14-21-28-18(15-6-8-17(33-2)9-7-15)13-20(23(24,25)26)31(21)29-19/h3-9,11,14,18,20,28H,10,12-13H2,1-2H3/t18-,20+/m0/s1. The number of pyridine rings is 1. The van der Waals surface area contributed by atoms with Crippen LogP contribution < -0.4 is 10.1 Å². The molecule has 1 N–H and O–H groups in total. The van der Waals surface area contributed by atoms with E-state index in [9.17, 15) is 18.0 Å². The number of methoxy groups -OCH3 is 1. The second-order valence-electron chi connectivity index (χ2n) is 7.92. The van der Waals surface area contributed by atoms with Crippen molar-refractivity contribution in [2.75, 3.05) is 26.0 Å². The van der Waals surface area contributed by atoms with Crippen LogP contribution in [0.2, 0.25) is 0 Å². The van der Waals surface area contributed by atoms with Gasteiger partial charge in [-0.1, -0.05) is 18.2 Å². The number of halogens is 3. The molecule has 0 fully saturated rings. The van der Waals surface area contributed by atoms with Gasteiger partial charge >= 0.3 is 6.18 Å². The number of rotatable bonds is 6. The van der Waals surface area contributed by atoms with E-state index in [-0.39, 0.29) is 17.9 Å². The van der Waals surface area contributed by atoms with E-state index in [0.717, 1.165) is 10.4 Å². The van der Waals surface area contributed by atoms with Gasteiger partial charge in [-0.25, -0.2) is 4.68 Å². The van der Waals surface area contributed by atoms with Gasteiger partial charge in [0.15, 0.2) is 11.7 Å². The number of alkyl halides is 3. The fraction of sp³-hybridized carbons (Fsp3) is 0.348. The van der Waals surface area contributed by atoms with Gasteiger partial charge in [0.2, 0.25) is 0 Å². The minimum Gasteiger partial charge on any atom is -0.497 e. The molecule has 3 heterocycles. The zero-order valence-corrected chi connectivity index (χ0v) is 18.2. The molecule has 1 aliphatic heterocycles. The van der Waals surface area contributed by atoms with E-state index >= 15 is 0 Å². The first kappa shape index (κ1) is 22.6. The van der Waals surface area contributed by atoms with Crippen LogP contribution in [0.1, 0.15) is 40.3 Å². The predicted octanol–water partition coefficient (Wildman–Crippen LogP) is 4.26. The van der Waals surface area contributed by atoms with Gasteiger partial charge in [0.1, 0.15) is 11.6 Å². The van der Waals surface area contributed by atoms with Gasteiger partial charge in [-0.05, 0) is 29.8 Å². The Balaban J connectivity index is 1.55. The van der Waals surface area contributed by atoms with Crippen molar-refractivity contribution in [1.82, 2.24) is 19.7 Å². The maximum Gasteiger partial charge on any atom is 0.410 e. The molecule has 0 bridgehead atoms. The molecule has 0 aliphatic carbocycles. The monoisotopic (exact) mass is 459 g/mol. The lowest BCUT2D eigenvalue weighted by molar-refractivity contribution is -0.173. The number of anilines is 1. The highest BCUT2D eigenvalue weighted by Crippen LogP contribution is 2.43. The van der Waals surface area contributed by atoms with Crippen LogP contribution in [0.15, 0.2) is 54.7 Å². The van der Waals surface area contributed by atoms with Crippen molar-refractivity contribution in [3.8, 4) is 5.75 Å². The highest BCUT2D eigenvalue weighted by Gasteiger charge is 2.46. The SMILES string of the molecule is COc1ccc([C@@H]2C[C@H](C(F)(F)F)n3nc(C(=O)N(C)CCc4ccccn4)cc3N2)cc1. The van der Waals surface area contributed by atoms with Crippen molar-refractivity contribution < 1.29 is 22.7 Å². The number of benzene rings is 1. The number of amides is 1. The molecule has 7 nitrogen and oxygen atoms in total. The molecule has 10 heteroatoms. The first-order valence-corrected chi connectivity index (χ1v) is 10.5. The van der Waals surface area contributed by atoms with Gasteiger partial charge in [-0.3, -0.25) is 9.78 Å². The van der Waals surface area contributed by atoms with Crippen LogP contribution in [0, 0.1) is 0 Å². The summed E-state index contributed by atoms with van der Waals surface area (Å²) in [6.07, 6.45) is -2.56. The smallest absolute Gasteiger partial charge is 0.410 e. The van der Waals surface area contributed by atoms with Gasteiger partial charge in [-0.15, -0.1) is 0 Å². The topological polar surface area (TPSA) is 72.3 Å². The third-order valence-corrected chi connectivity index (χ3v) is 5.70. The second kappa shape index (κ2) is 9.13. The Labute approximate surface area is 189 Å². The van der Waals surface area contributed by atoms with Crippen LogP contribution >= 0.6 is 0 Å². The molecule has 0 spiro atoms. The third-order valence-electron chi connectivity index (χ3n) is 5.70. The Bertz CT molecular complexity index is 1100. The molecule has 4 rings (SSSR count). The number of carbonyl (C=O) groups is 1. The lowest BCUT2D eigenvalue weighted by Crippen LogP contribution is -2.36. The molecule has 2 atom stereocenters. The highest BCUT2D eigenvalue weighted by atomic mass is 19.4. The summed E-state index contributed by atoms with van der Waals surface area (Å²) in [4.78, 5) is 18.5. The van der Waals surface area contributed by atoms with Gasteiger partial charge in [-0.2, -0.15) is 18.3 Å². The van der Waals surface area contributed by atoms with Crippen molar-refractivity contribution in [2.45, 2.75) is 31.1 Å². The molecule has 3 aromatic rings. The van der Waals surface area contributed by atoms with Crippen molar-refractivity contribution >= 4 is 11.7 Å². The van der Waals surface area contributed by atoms with E-state index < -0.39 is 24.2 Å². The minimum atomic E-state index is -4.52. The molecule has 1 amide bonds. The summed E-state index contributed by atoms with van der Waals surface area (Å²) in [5.41, 5.74) is 1.48. The summed E-state index contributed by atoms with van der Waals surface area (Å²) < 4.78 is 47.7. The van der Waals surface area contributed by atoms with Crippen LogP contribution in [0.3, 0.4) is 0 Å². The fourth-order valence-electron chi connectivity index (χ4n) is 3.86. The molecule has 0 saturated carbocycles. The number of aromatic nitrogens is 3. The maximum atomic E-state index is 13.9. The summed E-state index contributed by atoms with van der Waals surface area (Å²) in [6, 6.07) is 11.3. The summed E-state index contributed by atoms with van der Waals surface area (Å²) in [5.74, 6) is 0.330. The highest BCUT2D eigenvalue weighted by molar-refractivity contribution is 5.93. The molecule has 0 saturated heterocycles. The lowest BCUT2D eigenvalue weighted by Gasteiger charge is -2.33. The van der Waals surface area contributed by atoms with Crippen molar-refractivity contribution in [1.29, 1.82) is 0 Å². The van der Waals surface area contributed by atoms with E-state index in [1.54, 1.807) is 43.6 Å². The molecule has 2 aromatic heterocycles. The molecular formula is C23H24F3N5O2. The van der Waals surface area contributed by atoms with Crippen LogP contribution in [0.5, 0.6) is 5.75 Å². The normalized spacial score (nSPS) is 17.7. The molecule has 1 aliphatic rings. The predicted molar refractivity (Wildman–Crippen MR) is 116 cm³/mol. The molecule has 174 valence electrons. The largest absolute Gasteiger partial charge is 0.497 e. The van der Waals surface area contributed by atoms with Crippen molar-refractivity contribution in [3.63, 3.8) is 0 Å². The number of hydrogen-bond donors (Lipinski definition) is 1. The third kappa shape index (κ3) is 4.94. The van der Waals surface area contributed by atoms with Gasteiger partial charge in [0, 0.05) is 44.4 Å². The lowest BCUT2D eigenvalue weighted by atomic mass is 9.97. The first-order chi connectivity index (χ1) is 15.8. The number of carbonyl (C=O) groups excluding carboxylic acids is 1. The number of nitrogens with one attached hydrogen (secondary N) is 1. The summed E-state index contributed by atoms with van der Waals surface area (Å²) in [7, 11) is 3.12. The molecule has 0 unspecified atom stereocenters. The fourth-order valence-corrected chi connectivity index (χ4v) is 3.86. The summed E-state index contributed by atoms with van der Waals surface area (Å²) >= 11 is 0. The number of fused-ring (bicyclic) bond motifs is 1. The second-order valence-corrected chi connectivity index (χ2v) is 7.92. The number of likely N-dealkylation sites (N-methyl/N-ethyl adjacent to an activating group) is 1. The summed E-state index contributed by atoms with van der Waals surface area (Å²) in [6.45, 7) is 0.364. The Morgan fingerprint density at radius 3 is 2.64 bits per heavy atom. The number of nitrogens with zero attached hydrogens (tertiary/aromatic N) is 4. The zero-order chi connectivity index (χ0) is 23.6. The van der Waals surface area contributed by atoms with Gasteiger partial charge in [0.05, 0.1) is 13.2 Å². The van der Waals surface area contributed by atoms with Crippen molar-refractivity contribution in [3.05, 3.63) is 71.7 Å². The van der Waals surface area contributed by atoms with Gasteiger partial charge < -0.3 is 15.0 Å². The van der Waals surface area contributed by atoms with Crippen LogP contribution in [0.25, 0.3) is 0 Å². The van der Waals surface area contributed by atoms with Crippen LogP contribution in [-0.2, 0) is 6.42 Å². The van der Waals surface area contributed by atoms with E-state index in [1.165, 1.54) is 18.1 Å². The Kier molecular flexibility index (Phi) is 6.26. The van der Waals surface area contributed by atoms with E-state index in [4.69, 9.17) is 4.74 Å².